The second kappa shape index (κ2) is 4.97. The van der Waals surface area contributed by atoms with Crippen LogP contribution in [0.3, 0.4) is 0 Å². The highest BCUT2D eigenvalue weighted by Gasteiger charge is 2.07. The Hall–Kier alpha value is -1.07. The Morgan fingerprint density at radius 3 is 2.86 bits per heavy atom. The van der Waals surface area contributed by atoms with E-state index in [2.05, 4.69) is 15.9 Å². The molecule has 1 amide bonds. The standard InChI is InChI=1S/C9H10BrNO3/c1-2-14-8-4-3-6(5-7(8)10)9(12)11-13/h3-5,13H,2H2,1H3,(H,11,12). The van der Waals surface area contributed by atoms with Gasteiger partial charge in [-0.1, -0.05) is 0 Å². The van der Waals surface area contributed by atoms with Crippen molar-refractivity contribution >= 4 is 21.8 Å². The van der Waals surface area contributed by atoms with Gasteiger partial charge in [-0.2, -0.15) is 0 Å². The predicted molar refractivity (Wildman–Crippen MR) is 54.6 cm³/mol. The van der Waals surface area contributed by atoms with Crippen molar-refractivity contribution in [1.82, 2.24) is 5.48 Å². The van der Waals surface area contributed by atoms with Crippen LogP contribution in [-0.4, -0.2) is 17.7 Å². The van der Waals surface area contributed by atoms with Gasteiger partial charge < -0.3 is 4.74 Å². The van der Waals surface area contributed by atoms with Crippen LogP contribution in [0, 0.1) is 0 Å². The quantitative estimate of drug-likeness (QED) is 0.645. The topological polar surface area (TPSA) is 58.6 Å². The van der Waals surface area contributed by atoms with Gasteiger partial charge in [0.2, 0.25) is 0 Å². The summed E-state index contributed by atoms with van der Waals surface area (Å²) in [4.78, 5) is 11.0. The van der Waals surface area contributed by atoms with Crippen LogP contribution in [-0.2, 0) is 0 Å². The number of hydrogen-bond donors (Lipinski definition) is 2. The van der Waals surface area contributed by atoms with Crippen molar-refractivity contribution in [2.24, 2.45) is 0 Å². The molecule has 0 aliphatic rings. The Bertz CT molecular complexity index is 341. The van der Waals surface area contributed by atoms with Crippen molar-refractivity contribution in [3.8, 4) is 5.75 Å². The van der Waals surface area contributed by atoms with Crippen LogP contribution in [0.4, 0.5) is 0 Å². The number of carbonyl (C=O) groups excluding carboxylic acids is 1. The van der Waals surface area contributed by atoms with Crippen molar-refractivity contribution in [2.75, 3.05) is 6.61 Å². The molecule has 0 aliphatic heterocycles. The highest BCUT2D eigenvalue weighted by molar-refractivity contribution is 9.10. The molecule has 0 bridgehead atoms. The summed E-state index contributed by atoms with van der Waals surface area (Å²) in [6.45, 7) is 2.44. The van der Waals surface area contributed by atoms with Gasteiger partial charge in [0.05, 0.1) is 11.1 Å². The zero-order valence-electron chi connectivity index (χ0n) is 7.58. The Balaban J connectivity index is 2.94. The van der Waals surface area contributed by atoms with E-state index in [1.54, 1.807) is 23.7 Å². The third-order valence-electron chi connectivity index (χ3n) is 1.60. The number of carbonyl (C=O) groups is 1. The van der Waals surface area contributed by atoms with Crippen molar-refractivity contribution in [1.29, 1.82) is 0 Å². The zero-order chi connectivity index (χ0) is 10.6. The maximum atomic E-state index is 11.0. The summed E-state index contributed by atoms with van der Waals surface area (Å²) in [5.41, 5.74) is 1.92. The molecule has 0 unspecified atom stereocenters. The number of ether oxygens (including phenoxy) is 1. The predicted octanol–water partition coefficient (Wildman–Crippen LogP) is 1.97. The van der Waals surface area contributed by atoms with E-state index in [0.717, 1.165) is 0 Å². The Labute approximate surface area is 90.0 Å². The van der Waals surface area contributed by atoms with E-state index >= 15 is 0 Å². The average Bonchev–Trinajstić information content (AvgIpc) is 2.20. The average molecular weight is 260 g/mol. The number of benzene rings is 1. The number of halogens is 1. The van der Waals surface area contributed by atoms with Crippen LogP contribution in [0.5, 0.6) is 5.75 Å². The molecule has 4 nitrogen and oxygen atoms in total. The lowest BCUT2D eigenvalue weighted by Gasteiger charge is -2.06. The Morgan fingerprint density at radius 1 is 1.64 bits per heavy atom. The minimum absolute atomic E-state index is 0.364. The van der Waals surface area contributed by atoms with Crippen molar-refractivity contribution < 1.29 is 14.7 Å². The van der Waals surface area contributed by atoms with Gasteiger partial charge in [0.25, 0.3) is 5.91 Å². The Morgan fingerprint density at radius 2 is 2.36 bits per heavy atom. The monoisotopic (exact) mass is 259 g/mol. The summed E-state index contributed by atoms with van der Waals surface area (Å²) in [6.07, 6.45) is 0. The highest BCUT2D eigenvalue weighted by Crippen LogP contribution is 2.25. The molecule has 2 N–H and O–H groups in total. The molecule has 0 aliphatic carbocycles. The fourth-order valence-corrected chi connectivity index (χ4v) is 1.47. The number of amides is 1. The number of hydroxylamine groups is 1. The summed E-state index contributed by atoms with van der Waals surface area (Å²) in [5.74, 6) is 0.121. The van der Waals surface area contributed by atoms with Gasteiger partial charge >= 0.3 is 0 Å². The van der Waals surface area contributed by atoms with Crippen LogP contribution in [0.1, 0.15) is 17.3 Å². The maximum absolute atomic E-state index is 11.0. The van der Waals surface area contributed by atoms with Gasteiger partial charge in [-0.15, -0.1) is 0 Å². The number of rotatable bonds is 3. The lowest BCUT2D eigenvalue weighted by Crippen LogP contribution is -2.18. The molecule has 1 aromatic rings. The molecular formula is C9H10BrNO3. The van der Waals surface area contributed by atoms with Gasteiger partial charge in [-0.3, -0.25) is 10.0 Å². The van der Waals surface area contributed by atoms with E-state index in [0.29, 0.717) is 22.4 Å². The van der Waals surface area contributed by atoms with Crippen LogP contribution in [0.25, 0.3) is 0 Å². The molecular weight excluding hydrogens is 250 g/mol. The molecule has 0 aromatic heterocycles. The van der Waals surface area contributed by atoms with E-state index < -0.39 is 5.91 Å². The third kappa shape index (κ3) is 2.46. The highest BCUT2D eigenvalue weighted by atomic mass is 79.9. The summed E-state index contributed by atoms with van der Waals surface area (Å²) >= 11 is 3.26. The first-order chi connectivity index (χ1) is 6.69. The minimum Gasteiger partial charge on any atom is -0.493 e. The van der Waals surface area contributed by atoms with Crippen molar-refractivity contribution in [3.63, 3.8) is 0 Å². The van der Waals surface area contributed by atoms with Crippen LogP contribution < -0.4 is 10.2 Å². The smallest absolute Gasteiger partial charge is 0.274 e. The molecule has 0 fully saturated rings. The SMILES string of the molecule is CCOc1ccc(C(=O)NO)cc1Br. The first-order valence-electron chi connectivity index (χ1n) is 4.05. The second-order valence-electron chi connectivity index (χ2n) is 2.52. The second-order valence-corrected chi connectivity index (χ2v) is 3.37. The zero-order valence-corrected chi connectivity index (χ0v) is 9.17. The van der Waals surface area contributed by atoms with Gasteiger partial charge in [0, 0.05) is 5.56 Å². The summed E-state index contributed by atoms with van der Waals surface area (Å²) in [6, 6.07) is 4.82. The normalized spacial score (nSPS) is 9.64. The van der Waals surface area contributed by atoms with E-state index in [4.69, 9.17) is 9.94 Å². The molecule has 0 atom stereocenters. The fourth-order valence-electron chi connectivity index (χ4n) is 0.979. The van der Waals surface area contributed by atoms with E-state index in [1.165, 1.54) is 0 Å². The van der Waals surface area contributed by atoms with Crippen molar-refractivity contribution in [2.45, 2.75) is 6.92 Å². The summed E-state index contributed by atoms with van der Waals surface area (Å²) < 4.78 is 5.94. The first kappa shape index (κ1) is 11.0. The number of nitrogens with one attached hydrogen (secondary N) is 1. The van der Waals surface area contributed by atoms with Gasteiger partial charge in [-0.25, -0.2) is 5.48 Å². The van der Waals surface area contributed by atoms with Gasteiger partial charge in [0.15, 0.2) is 0 Å². The summed E-state index contributed by atoms with van der Waals surface area (Å²) in [5, 5.41) is 8.41. The van der Waals surface area contributed by atoms with E-state index in [9.17, 15) is 4.79 Å². The van der Waals surface area contributed by atoms with Gasteiger partial charge in [0.1, 0.15) is 5.75 Å². The van der Waals surface area contributed by atoms with Crippen LogP contribution in [0.2, 0.25) is 0 Å². The lowest BCUT2D eigenvalue weighted by molar-refractivity contribution is 0.0706. The molecule has 0 saturated carbocycles. The number of hydrogen-bond acceptors (Lipinski definition) is 3. The first-order valence-corrected chi connectivity index (χ1v) is 4.85. The van der Waals surface area contributed by atoms with Crippen molar-refractivity contribution in [3.05, 3.63) is 28.2 Å². The molecule has 0 heterocycles. The molecule has 0 radical (unpaired) electrons. The summed E-state index contributed by atoms with van der Waals surface area (Å²) in [7, 11) is 0. The molecule has 14 heavy (non-hydrogen) atoms. The molecule has 1 aromatic carbocycles. The van der Waals surface area contributed by atoms with E-state index in [1.807, 2.05) is 6.92 Å². The Kier molecular flexibility index (Phi) is 3.91. The van der Waals surface area contributed by atoms with E-state index in [-0.39, 0.29) is 0 Å². The third-order valence-corrected chi connectivity index (χ3v) is 2.22. The maximum Gasteiger partial charge on any atom is 0.274 e. The molecule has 5 heteroatoms. The minimum atomic E-state index is -0.547. The largest absolute Gasteiger partial charge is 0.493 e. The van der Waals surface area contributed by atoms with Gasteiger partial charge in [-0.05, 0) is 41.1 Å². The molecule has 76 valence electrons. The fraction of sp³-hybridized carbons (Fsp3) is 0.222. The molecule has 0 spiro atoms. The lowest BCUT2D eigenvalue weighted by atomic mass is 10.2. The molecule has 1 rings (SSSR count). The molecule has 0 saturated heterocycles. The van der Waals surface area contributed by atoms with Crippen LogP contribution in [0.15, 0.2) is 22.7 Å². The van der Waals surface area contributed by atoms with Crippen LogP contribution >= 0.6 is 15.9 Å².